The van der Waals surface area contributed by atoms with Crippen molar-refractivity contribution in [1.82, 2.24) is 14.8 Å². The van der Waals surface area contributed by atoms with Crippen molar-refractivity contribution in [2.75, 3.05) is 11.9 Å². The van der Waals surface area contributed by atoms with Crippen molar-refractivity contribution in [3.05, 3.63) is 6.33 Å². The first-order valence-electron chi connectivity index (χ1n) is 3.51. The lowest BCUT2D eigenvalue weighted by Crippen LogP contribution is -2.21. The van der Waals surface area contributed by atoms with Gasteiger partial charge in [0.25, 0.3) is 0 Å². The normalized spacial score (nSPS) is 23.5. The van der Waals surface area contributed by atoms with Crippen molar-refractivity contribution in [2.45, 2.75) is 19.4 Å². The van der Waals surface area contributed by atoms with Gasteiger partial charge in [-0.05, 0) is 13.3 Å². The van der Waals surface area contributed by atoms with E-state index in [-0.39, 0.29) is 0 Å². The van der Waals surface area contributed by atoms with Gasteiger partial charge < -0.3 is 5.32 Å². The first kappa shape index (κ1) is 5.70. The predicted octanol–water partition coefficient (Wildman–Crippen LogP) is 0.655. The summed E-state index contributed by atoms with van der Waals surface area (Å²) in [4.78, 5) is 4.05. The van der Waals surface area contributed by atoms with Crippen LogP contribution in [0.3, 0.4) is 0 Å². The molecule has 1 aliphatic rings. The van der Waals surface area contributed by atoms with Gasteiger partial charge >= 0.3 is 0 Å². The van der Waals surface area contributed by atoms with Gasteiger partial charge in [-0.15, -0.1) is 0 Å². The Bertz CT molecular complexity index is 229. The maximum Gasteiger partial charge on any atom is 0.221 e. The lowest BCUT2D eigenvalue weighted by molar-refractivity contribution is 0.451. The first-order chi connectivity index (χ1) is 4.88. The van der Waals surface area contributed by atoms with E-state index in [4.69, 9.17) is 0 Å². The zero-order valence-corrected chi connectivity index (χ0v) is 5.91. The molecule has 0 aliphatic carbocycles. The van der Waals surface area contributed by atoms with Crippen LogP contribution in [0.4, 0.5) is 5.95 Å². The molecule has 0 fully saturated rings. The summed E-state index contributed by atoms with van der Waals surface area (Å²) in [7, 11) is 0. The molecule has 2 rings (SSSR count). The molecule has 1 N–H and O–H groups in total. The monoisotopic (exact) mass is 138 g/mol. The average molecular weight is 138 g/mol. The Balaban J connectivity index is 2.41. The Labute approximate surface area is 59.3 Å². The Morgan fingerprint density at radius 1 is 1.80 bits per heavy atom. The van der Waals surface area contributed by atoms with Gasteiger partial charge in [-0.2, -0.15) is 10.1 Å². The standard InChI is InChI=1S/C6H10N4/c1-5-2-3-7-6-8-4-9-10(5)6/h4-5H,2-3H2,1H3,(H,7,8,9). The second-order valence-corrected chi connectivity index (χ2v) is 2.59. The van der Waals surface area contributed by atoms with Gasteiger partial charge in [-0.1, -0.05) is 0 Å². The Morgan fingerprint density at radius 3 is 3.50 bits per heavy atom. The smallest absolute Gasteiger partial charge is 0.221 e. The Hall–Kier alpha value is -1.06. The third-order valence-electron chi connectivity index (χ3n) is 1.84. The third-order valence-corrected chi connectivity index (χ3v) is 1.84. The number of fused-ring (bicyclic) bond motifs is 1. The molecule has 4 nitrogen and oxygen atoms in total. The summed E-state index contributed by atoms with van der Waals surface area (Å²) in [5, 5.41) is 7.24. The summed E-state index contributed by atoms with van der Waals surface area (Å²) >= 11 is 0. The van der Waals surface area contributed by atoms with Crippen molar-refractivity contribution in [1.29, 1.82) is 0 Å². The number of rotatable bonds is 0. The molecule has 0 saturated heterocycles. The van der Waals surface area contributed by atoms with Crippen molar-refractivity contribution < 1.29 is 0 Å². The van der Waals surface area contributed by atoms with Crippen LogP contribution in [0.25, 0.3) is 0 Å². The van der Waals surface area contributed by atoms with Gasteiger partial charge in [0.15, 0.2) is 0 Å². The molecule has 0 bridgehead atoms. The number of anilines is 1. The molecule has 10 heavy (non-hydrogen) atoms. The van der Waals surface area contributed by atoms with E-state index in [0.717, 1.165) is 18.9 Å². The maximum absolute atomic E-state index is 4.08. The molecule has 1 aliphatic heterocycles. The van der Waals surface area contributed by atoms with Crippen LogP contribution in [0.1, 0.15) is 19.4 Å². The summed E-state index contributed by atoms with van der Waals surface area (Å²) in [5.41, 5.74) is 0. The molecule has 0 saturated carbocycles. The molecule has 0 aromatic carbocycles. The average Bonchev–Trinajstić information content (AvgIpc) is 2.36. The van der Waals surface area contributed by atoms with E-state index < -0.39 is 0 Å². The van der Waals surface area contributed by atoms with Crippen molar-refractivity contribution in [3.63, 3.8) is 0 Å². The van der Waals surface area contributed by atoms with E-state index in [1.165, 1.54) is 0 Å². The molecule has 54 valence electrons. The number of nitrogens with one attached hydrogen (secondary N) is 1. The van der Waals surface area contributed by atoms with Crippen LogP contribution in [0.5, 0.6) is 0 Å². The number of nitrogens with zero attached hydrogens (tertiary/aromatic N) is 3. The summed E-state index contributed by atoms with van der Waals surface area (Å²) in [5.74, 6) is 0.902. The van der Waals surface area contributed by atoms with Gasteiger partial charge in [0, 0.05) is 6.54 Å². The highest BCUT2D eigenvalue weighted by molar-refractivity contribution is 5.25. The van der Waals surface area contributed by atoms with Gasteiger partial charge in [0.2, 0.25) is 5.95 Å². The molecule has 1 unspecified atom stereocenters. The molecule has 4 heteroatoms. The fraction of sp³-hybridized carbons (Fsp3) is 0.667. The van der Waals surface area contributed by atoms with Crippen molar-refractivity contribution >= 4 is 5.95 Å². The lowest BCUT2D eigenvalue weighted by Gasteiger charge is -2.20. The predicted molar refractivity (Wildman–Crippen MR) is 37.8 cm³/mol. The maximum atomic E-state index is 4.08. The summed E-state index contributed by atoms with van der Waals surface area (Å²) in [6.07, 6.45) is 2.72. The van der Waals surface area contributed by atoms with Gasteiger partial charge in [-0.25, -0.2) is 4.68 Å². The SMILES string of the molecule is CC1CCNc2ncnn21. The highest BCUT2D eigenvalue weighted by Crippen LogP contribution is 2.18. The molecule has 1 aromatic heterocycles. The molecular weight excluding hydrogens is 128 g/mol. The molecule has 1 aromatic rings. The van der Waals surface area contributed by atoms with Crippen LogP contribution < -0.4 is 5.32 Å². The molecule has 2 heterocycles. The van der Waals surface area contributed by atoms with Crippen LogP contribution in [-0.2, 0) is 0 Å². The van der Waals surface area contributed by atoms with Crippen LogP contribution in [-0.4, -0.2) is 21.3 Å². The van der Waals surface area contributed by atoms with Crippen molar-refractivity contribution in [2.24, 2.45) is 0 Å². The Morgan fingerprint density at radius 2 is 2.70 bits per heavy atom. The summed E-state index contributed by atoms with van der Waals surface area (Å²) < 4.78 is 1.92. The second kappa shape index (κ2) is 1.97. The van der Waals surface area contributed by atoms with Crippen LogP contribution in [0.15, 0.2) is 6.33 Å². The summed E-state index contributed by atoms with van der Waals surface area (Å²) in [6.45, 7) is 3.17. The van der Waals surface area contributed by atoms with Crippen LogP contribution in [0.2, 0.25) is 0 Å². The van der Waals surface area contributed by atoms with E-state index in [9.17, 15) is 0 Å². The third kappa shape index (κ3) is 0.683. The van der Waals surface area contributed by atoms with Gasteiger partial charge in [0.1, 0.15) is 6.33 Å². The minimum atomic E-state index is 0.499. The highest BCUT2D eigenvalue weighted by Gasteiger charge is 2.15. The van der Waals surface area contributed by atoms with Crippen LogP contribution in [0, 0.1) is 0 Å². The molecule has 0 spiro atoms. The topological polar surface area (TPSA) is 42.7 Å². The zero-order valence-electron chi connectivity index (χ0n) is 5.91. The van der Waals surface area contributed by atoms with E-state index in [1.807, 2.05) is 4.68 Å². The minimum absolute atomic E-state index is 0.499. The number of aromatic nitrogens is 3. The summed E-state index contributed by atoms with van der Waals surface area (Å²) in [6, 6.07) is 0.499. The van der Waals surface area contributed by atoms with E-state index >= 15 is 0 Å². The molecular formula is C6H10N4. The lowest BCUT2D eigenvalue weighted by atomic mass is 10.2. The van der Waals surface area contributed by atoms with Gasteiger partial charge in [-0.3, -0.25) is 0 Å². The van der Waals surface area contributed by atoms with E-state index in [0.29, 0.717) is 6.04 Å². The minimum Gasteiger partial charge on any atom is -0.354 e. The van der Waals surface area contributed by atoms with Crippen LogP contribution >= 0.6 is 0 Å². The fourth-order valence-corrected chi connectivity index (χ4v) is 1.21. The van der Waals surface area contributed by atoms with E-state index in [2.05, 4.69) is 22.3 Å². The quantitative estimate of drug-likeness (QED) is 0.572. The van der Waals surface area contributed by atoms with Crippen molar-refractivity contribution in [3.8, 4) is 0 Å². The largest absolute Gasteiger partial charge is 0.354 e. The fourth-order valence-electron chi connectivity index (χ4n) is 1.21. The highest BCUT2D eigenvalue weighted by atomic mass is 15.4. The molecule has 0 radical (unpaired) electrons. The number of hydrogen-bond acceptors (Lipinski definition) is 3. The van der Waals surface area contributed by atoms with Gasteiger partial charge in [0.05, 0.1) is 6.04 Å². The first-order valence-corrected chi connectivity index (χ1v) is 3.51. The Kier molecular flexibility index (Phi) is 1.12. The molecule has 1 atom stereocenters. The second-order valence-electron chi connectivity index (χ2n) is 2.59. The van der Waals surface area contributed by atoms with E-state index in [1.54, 1.807) is 6.33 Å². The number of hydrogen-bond donors (Lipinski definition) is 1. The zero-order chi connectivity index (χ0) is 6.97. The molecule has 0 amide bonds.